The number of methoxy groups -OCH3 is 2. The van der Waals surface area contributed by atoms with Gasteiger partial charge in [-0.15, -0.1) is 18.2 Å². The first kappa shape index (κ1) is 17.8. The second-order valence-electron chi connectivity index (χ2n) is 5.60. The van der Waals surface area contributed by atoms with Gasteiger partial charge < -0.3 is 19.3 Å². The highest BCUT2D eigenvalue weighted by atomic mass is 35.5. The van der Waals surface area contributed by atoms with E-state index in [0.717, 1.165) is 26.2 Å². The summed E-state index contributed by atoms with van der Waals surface area (Å²) in [7, 11) is 5.00. The van der Waals surface area contributed by atoms with Crippen molar-refractivity contribution in [3.05, 3.63) is 23.4 Å². The Kier molecular flexibility index (Phi) is 5.24. The molecule has 1 aliphatic carbocycles. The number of rotatable bonds is 5. The monoisotopic (exact) mass is 348 g/mol. The van der Waals surface area contributed by atoms with E-state index in [1.807, 2.05) is 4.90 Å². The van der Waals surface area contributed by atoms with Gasteiger partial charge in [-0.1, -0.05) is 17.7 Å². The number of Topliss-reactive ketones (excluding diaryl/α,β-unsaturated/α-hetero) is 1. The van der Waals surface area contributed by atoms with E-state index in [1.54, 1.807) is 6.08 Å². The number of halogens is 2. The number of hydrogen-bond donors (Lipinski definition) is 0. The number of ether oxygens (including phenoxy) is 2. The Bertz CT molecular complexity index is 497. The van der Waals surface area contributed by atoms with Crippen molar-refractivity contribution >= 4 is 29.0 Å². The Labute approximate surface area is 141 Å². The van der Waals surface area contributed by atoms with Gasteiger partial charge in [-0.05, 0) is 13.5 Å². The van der Waals surface area contributed by atoms with Crippen molar-refractivity contribution in [2.45, 2.75) is 17.1 Å². The topological polar surface area (TPSA) is 42.0 Å². The number of nitrogens with zero attached hydrogens (tertiary/aromatic N) is 2. The zero-order chi connectivity index (χ0) is 16.5. The van der Waals surface area contributed by atoms with E-state index in [-0.39, 0.29) is 17.2 Å². The highest BCUT2D eigenvalue weighted by Gasteiger charge is 2.66. The molecule has 0 radical (unpaired) electrons. The minimum Gasteiger partial charge on any atom is -0.367 e. The largest absolute Gasteiger partial charge is 0.367 e. The molecule has 2 rings (SSSR count). The normalized spacial score (nSPS) is 29.3. The van der Waals surface area contributed by atoms with Crippen LogP contribution in [0.4, 0.5) is 0 Å². The van der Waals surface area contributed by atoms with Gasteiger partial charge in [-0.2, -0.15) is 0 Å². The van der Waals surface area contributed by atoms with Gasteiger partial charge >= 0.3 is 0 Å². The molecule has 124 valence electrons. The summed E-state index contributed by atoms with van der Waals surface area (Å²) in [4.78, 5) is 15.5. The number of alkyl halides is 1. The summed E-state index contributed by atoms with van der Waals surface area (Å²) < 4.78 is 11.3. The van der Waals surface area contributed by atoms with E-state index in [0.29, 0.717) is 5.70 Å². The third kappa shape index (κ3) is 2.39. The van der Waals surface area contributed by atoms with Crippen molar-refractivity contribution < 1.29 is 14.3 Å². The maximum Gasteiger partial charge on any atom is 0.239 e. The van der Waals surface area contributed by atoms with Crippen LogP contribution in [0.1, 0.15) is 6.42 Å². The molecule has 0 saturated carbocycles. The summed E-state index contributed by atoms with van der Waals surface area (Å²) in [6, 6.07) is 0. The molecule has 2 aliphatic rings. The Morgan fingerprint density at radius 3 is 2.27 bits per heavy atom. The second-order valence-corrected chi connectivity index (χ2v) is 6.62. The minimum absolute atomic E-state index is 0.0881. The Morgan fingerprint density at radius 1 is 1.27 bits per heavy atom. The van der Waals surface area contributed by atoms with Crippen LogP contribution in [0.2, 0.25) is 0 Å². The quantitative estimate of drug-likeness (QED) is 0.430. The molecule has 0 unspecified atom stereocenters. The fraction of sp³-hybridized carbons (Fsp3) is 0.667. The maximum atomic E-state index is 12.7. The molecule has 0 aromatic heterocycles. The summed E-state index contributed by atoms with van der Waals surface area (Å²) in [5.41, 5.74) is 0.522. The smallest absolute Gasteiger partial charge is 0.239 e. The van der Waals surface area contributed by atoms with Crippen molar-refractivity contribution in [3.63, 3.8) is 0 Å². The molecule has 0 spiro atoms. The van der Waals surface area contributed by atoms with Gasteiger partial charge in [0.2, 0.25) is 11.6 Å². The molecule has 0 aromatic rings. The van der Waals surface area contributed by atoms with Crippen LogP contribution < -0.4 is 0 Å². The second kappa shape index (κ2) is 6.49. The molecule has 1 heterocycles. The van der Waals surface area contributed by atoms with Crippen molar-refractivity contribution in [2.75, 3.05) is 47.4 Å². The average Bonchev–Trinajstić information content (AvgIpc) is 2.67. The minimum atomic E-state index is -1.44. The lowest BCUT2D eigenvalue weighted by molar-refractivity contribution is -0.207. The summed E-state index contributed by atoms with van der Waals surface area (Å²) in [6.45, 7) is 6.86. The first-order valence-electron chi connectivity index (χ1n) is 7.16. The molecule has 22 heavy (non-hydrogen) atoms. The highest BCUT2D eigenvalue weighted by Crippen LogP contribution is 2.52. The number of allylic oxidation sites excluding steroid dienone is 2. The van der Waals surface area contributed by atoms with Gasteiger partial charge in [-0.25, -0.2) is 0 Å². The third-order valence-electron chi connectivity index (χ3n) is 4.42. The van der Waals surface area contributed by atoms with Crippen LogP contribution in [-0.2, 0) is 14.3 Å². The molecular formula is C15H22Cl2N2O3. The maximum absolute atomic E-state index is 12.7. The molecule has 0 amide bonds. The molecule has 0 aromatic carbocycles. The van der Waals surface area contributed by atoms with Crippen LogP contribution in [0.25, 0.3) is 0 Å². The van der Waals surface area contributed by atoms with Crippen LogP contribution in [0.15, 0.2) is 23.4 Å². The van der Waals surface area contributed by atoms with E-state index in [1.165, 1.54) is 14.2 Å². The highest BCUT2D eigenvalue weighted by molar-refractivity contribution is 6.53. The van der Waals surface area contributed by atoms with Crippen LogP contribution in [0.3, 0.4) is 0 Å². The van der Waals surface area contributed by atoms with Crippen LogP contribution in [-0.4, -0.2) is 73.7 Å². The summed E-state index contributed by atoms with van der Waals surface area (Å²) in [6.07, 6.45) is 1.78. The van der Waals surface area contributed by atoms with Gasteiger partial charge in [0.15, 0.2) is 4.87 Å². The van der Waals surface area contributed by atoms with E-state index in [4.69, 9.17) is 32.7 Å². The standard InChI is InChI=1S/C15H22Cl2N2O3/c1-5-6-14(17)13(20)11(16)12(15(14,21-3)22-4)19-9-7-18(2)8-10-19/h5H,1,6-10H2,2-4H3/t14-/m0/s1. The van der Waals surface area contributed by atoms with Gasteiger partial charge in [0.25, 0.3) is 0 Å². The summed E-state index contributed by atoms with van der Waals surface area (Å²) >= 11 is 13.0. The molecule has 7 heteroatoms. The first-order chi connectivity index (χ1) is 10.4. The third-order valence-corrected chi connectivity index (χ3v) is 5.35. The number of carbonyl (C=O) groups excluding carboxylic acids is 1. The lowest BCUT2D eigenvalue weighted by Gasteiger charge is -2.44. The van der Waals surface area contributed by atoms with Crippen molar-refractivity contribution in [1.29, 1.82) is 0 Å². The predicted molar refractivity (Wildman–Crippen MR) is 87.1 cm³/mol. The lowest BCUT2D eigenvalue weighted by atomic mass is 9.93. The molecule has 5 nitrogen and oxygen atoms in total. The number of carbonyl (C=O) groups is 1. The van der Waals surface area contributed by atoms with Gasteiger partial charge in [0.1, 0.15) is 5.03 Å². The molecular weight excluding hydrogens is 327 g/mol. The SMILES string of the molecule is C=CC[C@]1(Cl)C(=O)C(Cl)=C(N2CCN(C)CC2)C1(OC)OC. The lowest BCUT2D eigenvalue weighted by Crippen LogP contribution is -2.58. The fourth-order valence-corrected chi connectivity index (χ4v) is 4.07. The van der Waals surface area contributed by atoms with Crippen molar-refractivity contribution in [3.8, 4) is 0 Å². The summed E-state index contributed by atoms with van der Waals surface area (Å²) in [5.74, 6) is -1.79. The Balaban J connectivity index is 2.49. The van der Waals surface area contributed by atoms with E-state index in [2.05, 4.69) is 18.5 Å². The zero-order valence-electron chi connectivity index (χ0n) is 13.2. The molecule has 0 N–H and O–H groups in total. The van der Waals surface area contributed by atoms with Crippen LogP contribution in [0, 0.1) is 0 Å². The van der Waals surface area contributed by atoms with Crippen LogP contribution >= 0.6 is 23.2 Å². The van der Waals surface area contributed by atoms with Crippen LogP contribution in [0.5, 0.6) is 0 Å². The molecule has 1 aliphatic heterocycles. The van der Waals surface area contributed by atoms with Crippen molar-refractivity contribution in [2.24, 2.45) is 0 Å². The number of hydrogen-bond acceptors (Lipinski definition) is 5. The average molecular weight is 349 g/mol. The molecule has 1 saturated heterocycles. The number of ketones is 1. The Hall–Kier alpha value is -0.590. The predicted octanol–water partition coefficient (Wildman–Crippen LogP) is 1.81. The molecule has 1 atom stereocenters. The fourth-order valence-electron chi connectivity index (χ4n) is 3.17. The summed E-state index contributed by atoms with van der Waals surface area (Å²) in [5, 5.41) is 0.0881. The van der Waals surface area contributed by atoms with Gasteiger partial charge in [-0.3, -0.25) is 4.79 Å². The van der Waals surface area contributed by atoms with Gasteiger partial charge in [0, 0.05) is 40.4 Å². The number of piperazine rings is 1. The zero-order valence-corrected chi connectivity index (χ0v) is 14.7. The van der Waals surface area contributed by atoms with Gasteiger partial charge in [0.05, 0.1) is 5.70 Å². The van der Waals surface area contributed by atoms with E-state index < -0.39 is 10.7 Å². The molecule has 0 bridgehead atoms. The Morgan fingerprint density at radius 2 is 1.82 bits per heavy atom. The van der Waals surface area contributed by atoms with E-state index >= 15 is 0 Å². The van der Waals surface area contributed by atoms with E-state index in [9.17, 15) is 4.79 Å². The van der Waals surface area contributed by atoms with Crippen molar-refractivity contribution in [1.82, 2.24) is 9.80 Å². The first-order valence-corrected chi connectivity index (χ1v) is 7.92. The molecule has 1 fully saturated rings. The number of likely N-dealkylation sites (N-methyl/N-ethyl adjacent to an activating group) is 1.